The van der Waals surface area contributed by atoms with Crippen LogP contribution in [0.3, 0.4) is 0 Å². The normalized spacial score (nSPS) is 10.7. The molecule has 0 bridgehead atoms. The van der Waals surface area contributed by atoms with Crippen molar-refractivity contribution in [2.75, 3.05) is 26.6 Å². The Morgan fingerprint density at radius 3 is 2.30 bits per heavy atom. The Morgan fingerprint density at radius 2 is 1.74 bits per heavy atom. The molecule has 142 valence electrons. The third-order valence-electron chi connectivity index (χ3n) is 4.17. The Kier molecular flexibility index (Phi) is 5.07. The molecule has 0 radical (unpaired) electrons. The van der Waals surface area contributed by atoms with E-state index < -0.39 is 5.76 Å². The van der Waals surface area contributed by atoms with Gasteiger partial charge in [-0.2, -0.15) is 0 Å². The van der Waals surface area contributed by atoms with E-state index in [1.165, 1.54) is 25.9 Å². The van der Waals surface area contributed by atoms with Crippen molar-refractivity contribution in [3.63, 3.8) is 0 Å². The minimum absolute atomic E-state index is 0.331. The van der Waals surface area contributed by atoms with Crippen molar-refractivity contribution in [2.45, 2.75) is 13.5 Å². The zero-order valence-corrected chi connectivity index (χ0v) is 15.5. The largest absolute Gasteiger partial charge is 0.493 e. The maximum absolute atomic E-state index is 12.7. The first-order chi connectivity index (χ1) is 13.0. The average Bonchev–Trinajstić information content (AvgIpc) is 3.00. The lowest BCUT2D eigenvalue weighted by Gasteiger charge is -2.14. The first-order valence-electron chi connectivity index (χ1n) is 8.27. The van der Waals surface area contributed by atoms with Gasteiger partial charge in [0.15, 0.2) is 17.1 Å². The van der Waals surface area contributed by atoms with E-state index in [1.807, 2.05) is 6.92 Å². The topological polar surface area (TPSA) is 91.9 Å². The molecule has 0 aliphatic heterocycles. The van der Waals surface area contributed by atoms with Crippen LogP contribution in [0.5, 0.6) is 17.2 Å². The van der Waals surface area contributed by atoms with Gasteiger partial charge in [-0.25, -0.2) is 4.79 Å². The molecule has 8 nitrogen and oxygen atoms in total. The summed E-state index contributed by atoms with van der Waals surface area (Å²) in [7, 11) is 4.45. The number of methoxy groups -OCH3 is 3. The molecule has 8 heteroatoms. The predicted molar refractivity (Wildman–Crippen MR) is 100 cm³/mol. The van der Waals surface area contributed by atoms with Crippen LogP contribution in [0.15, 0.2) is 39.5 Å². The van der Waals surface area contributed by atoms with Gasteiger partial charge in [0, 0.05) is 23.9 Å². The summed E-state index contributed by atoms with van der Waals surface area (Å²) in [6, 6.07) is 8.17. The van der Waals surface area contributed by atoms with Gasteiger partial charge in [-0.3, -0.25) is 9.36 Å². The molecule has 1 amide bonds. The number of nitrogens with zero attached hydrogens (tertiary/aromatic N) is 1. The molecule has 2 aromatic carbocycles. The summed E-state index contributed by atoms with van der Waals surface area (Å²) in [5.74, 6) is 0.360. The number of aryl methyl sites for hydroxylation is 1. The number of rotatable bonds is 6. The number of benzene rings is 2. The standard InChI is InChI=1S/C19H20N2O6/c1-5-21-13-7-6-12(10-14(13)27-19(21)23)20-18(22)11-8-15(24-2)17(26-4)16(9-11)25-3/h6-10H,5H2,1-4H3,(H,20,22). The molecule has 0 unspecified atom stereocenters. The van der Waals surface area contributed by atoms with Gasteiger partial charge in [-0.05, 0) is 31.2 Å². The molecule has 0 fully saturated rings. The Labute approximate surface area is 155 Å². The molecule has 27 heavy (non-hydrogen) atoms. The number of carbonyl (C=O) groups excluding carboxylic acids is 1. The Balaban J connectivity index is 1.93. The molecule has 0 spiro atoms. The fraction of sp³-hybridized carbons (Fsp3) is 0.263. The van der Waals surface area contributed by atoms with Gasteiger partial charge < -0.3 is 23.9 Å². The Morgan fingerprint density at radius 1 is 1.07 bits per heavy atom. The van der Waals surface area contributed by atoms with Crippen LogP contribution in [0.2, 0.25) is 0 Å². The average molecular weight is 372 g/mol. The monoisotopic (exact) mass is 372 g/mol. The van der Waals surface area contributed by atoms with Crippen molar-refractivity contribution >= 4 is 22.7 Å². The van der Waals surface area contributed by atoms with E-state index in [0.29, 0.717) is 46.1 Å². The number of aromatic nitrogens is 1. The summed E-state index contributed by atoms with van der Waals surface area (Å²) in [6.07, 6.45) is 0. The summed E-state index contributed by atoms with van der Waals surface area (Å²) in [4.78, 5) is 24.4. The maximum Gasteiger partial charge on any atom is 0.419 e. The third-order valence-corrected chi connectivity index (χ3v) is 4.17. The van der Waals surface area contributed by atoms with Crippen molar-refractivity contribution < 1.29 is 23.4 Å². The third kappa shape index (κ3) is 3.33. The molecule has 0 atom stereocenters. The van der Waals surface area contributed by atoms with Crippen LogP contribution in [0.4, 0.5) is 5.69 Å². The van der Waals surface area contributed by atoms with Crippen LogP contribution < -0.4 is 25.3 Å². The quantitative estimate of drug-likeness (QED) is 0.715. The molecular formula is C19H20N2O6. The predicted octanol–water partition coefficient (Wildman–Crippen LogP) is 2.89. The Hall–Kier alpha value is -3.42. The van der Waals surface area contributed by atoms with Gasteiger partial charge in [-0.1, -0.05) is 0 Å². The number of amides is 1. The van der Waals surface area contributed by atoms with E-state index >= 15 is 0 Å². The van der Waals surface area contributed by atoms with Gasteiger partial charge in [0.1, 0.15) is 0 Å². The highest BCUT2D eigenvalue weighted by molar-refractivity contribution is 6.05. The molecule has 0 aliphatic carbocycles. The highest BCUT2D eigenvalue weighted by Gasteiger charge is 2.17. The zero-order chi connectivity index (χ0) is 19.6. The fourth-order valence-corrected chi connectivity index (χ4v) is 2.86. The summed E-state index contributed by atoms with van der Waals surface area (Å²) in [6.45, 7) is 2.36. The highest BCUT2D eigenvalue weighted by Crippen LogP contribution is 2.38. The second-order valence-corrected chi connectivity index (χ2v) is 5.66. The molecule has 0 saturated carbocycles. The lowest BCUT2D eigenvalue weighted by atomic mass is 10.1. The van der Waals surface area contributed by atoms with Crippen molar-refractivity contribution in [3.8, 4) is 17.2 Å². The van der Waals surface area contributed by atoms with Crippen LogP contribution >= 0.6 is 0 Å². The van der Waals surface area contributed by atoms with E-state index in [1.54, 1.807) is 30.3 Å². The summed E-state index contributed by atoms with van der Waals surface area (Å²) >= 11 is 0. The molecule has 3 aromatic rings. The van der Waals surface area contributed by atoms with Gasteiger partial charge in [0.05, 0.1) is 26.8 Å². The van der Waals surface area contributed by atoms with E-state index in [2.05, 4.69) is 5.32 Å². The Bertz CT molecular complexity index is 1030. The molecule has 0 aliphatic rings. The van der Waals surface area contributed by atoms with Crippen LogP contribution in [-0.2, 0) is 6.54 Å². The van der Waals surface area contributed by atoms with E-state index in [0.717, 1.165) is 0 Å². The van der Waals surface area contributed by atoms with Gasteiger partial charge in [0.2, 0.25) is 5.75 Å². The molecular weight excluding hydrogens is 352 g/mol. The van der Waals surface area contributed by atoms with Gasteiger partial charge in [0.25, 0.3) is 5.91 Å². The van der Waals surface area contributed by atoms with E-state index in [4.69, 9.17) is 18.6 Å². The smallest absolute Gasteiger partial charge is 0.419 e. The first kappa shape index (κ1) is 18.4. The molecule has 3 rings (SSSR count). The molecule has 1 heterocycles. The fourth-order valence-electron chi connectivity index (χ4n) is 2.86. The van der Waals surface area contributed by atoms with Crippen LogP contribution in [-0.4, -0.2) is 31.8 Å². The van der Waals surface area contributed by atoms with E-state index in [9.17, 15) is 9.59 Å². The summed E-state index contributed by atoms with van der Waals surface area (Å²) in [5.41, 5.74) is 1.91. The van der Waals surface area contributed by atoms with Crippen LogP contribution in [0.25, 0.3) is 11.1 Å². The minimum Gasteiger partial charge on any atom is -0.493 e. The second-order valence-electron chi connectivity index (χ2n) is 5.66. The number of hydrogen-bond acceptors (Lipinski definition) is 6. The number of nitrogens with one attached hydrogen (secondary N) is 1. The minimum atomic E-state index is -0.430. The summed E-state index contributed by atoms with van der Waals surface area (Å²) < 4.78 is 22.5. The van der Waals surface area contributed by atoms with Crippen molar-refractivity contribution in [2.24, 2.45) is 0 Å². The lowest BCUT2D eigenvalue weighted by molar-refractivity contribution is 0.102. The second kappa shape index (κ2) is 7.45. The van der Waals surface area contributed by atoms with Crippen LogP contribution in [0.1, 0.15) is 17.3 Å². The molecule has 1 N–H and O–H groups in total. The van der Waals surface area contributed by atoms with Crippen molar-refractivity contribution in [3.05, 3.63) is 46.4 Å². The van der Waals surface area contributed by atoms with Crippen molar-refractivity contribution in [1.29, 1.82) is 0 Å². The molecule has 0 saturated heterocycles. The number of carbonyl (C=O) groups is 1. The number of fused-ring (bicyclic) bond motifs is 1. The van der Waals surface area contributed by atoms with Crippen LogP contribution in [0, 0.1) is 0 Å². The van der Waals surface area contributed by atoms with Gasteiger partial charge >= 0.3 is 5.76 Å². The maximum atomic E-state index is 12.7. The van der Waals surface area contributed by atoms with E-state index in [-0.39, 0.29) is 5.91 Å². The summed E-state index contributed by atoms with van der Waals surface area (Å²) in [5, 5.41) is 2.78. The lowest BCUT2D eigenvalue weighted by Crippen LogP contribution is -2.13. The number of ether oxygens (including phenoxy) is 3. The number of anilines is 1. The highest BCUT2D eigenvalue weighted by atomic mass is 16.5. The SMILES string of the molecule is CCn1c(=O)oc2cc(NC(=O)c3cc(OC)c(OC)c(OC)c3)ccc21. The number of oxazole rings is 1. The first-order valence-corrected chi connectivity index (χ1v) is 8.27. The van der Waals surface area contributed by atoms with Crippen molar-refractivity contribution in [1.82, 2.24) is 4.57 Å². The zero-order valence-electron chi connectivity index (χ0n) is 15.5. The van der Waals surface area contributed by atoms with Gasteiger partial charge in [-0.15, -0.1) is 0 Å². The number of hydrogen-bond donors (Lipinski definition) is 1. The molecule has 1 aromatic heterocycles.